The molecule has 2 saturated heterocycles. The van der Waals surface area contributed by atoms with Crippen molar-refractivity contribution in [2.45, 2.75) is 60.9 Å². The molecule has 0 bridgehead atoms. The smallest absolute Gasteiger partial charge is 0.256 e. The van der Waals surface area contributed by atoms with Crippen LogP contribution in [0.1, 0.15) is 5.76 Å². The molecule has 5 rings (SSSR count). The zero-order chi connectivity index (χ0) is 31.4. The van der Waals surface area contributed by atoms with Gasteiger partial charge in [-0.15, -0.1) is 0 Å². The Labute approximate surface area is 241 Å². The van der Waals surface area contributed by atoms with E-state index < -0.39 is 108 Å². The van der Waals surface area contributed by atoms with Gasteiger partial charge in [0.2, 0.25) is 11.7 Å². The first-order chi connectivity index (χ1) is 20.3. The maximum atomic E-state index is 13.9. The molecule has 4 unspecified atom stereocenters. The zero-order valence-corrected chi connectivity index (χ0v) is 22.0. The molecule has 43 heavy (non-hydrogen) atoms. The number of phenols is 2. The van der Waals surface area contributed by atoms with Crippen LogP contribution in [-0.4, -0.2) is 125 Å². The van der Waals surface area contributed by atoms with Crippen LogP contribution >= 0.6 is 0 Å². The van der Waals surface area contributed by atoms with Crippen LogP contribution in [0.3, 0.4) is 0 Å². The molecular formula is C27H30O16. The van der Waals surface area contributed by atoms with E-state index in [4.69, 9.17) is 18.6 Å². The topological polar surface area (TPSA) is 280 Å². The summed E-state index contributed by atoms with van der Waals surface area (Å²) in [5.74, 6) is -5.16. The van der Waals surface area contributed by atoms with Crippen LogP contribution in [0.5, 0.6) is 17.2 Å². The quantitative estimate of drug-likeness (QED) is 0.130. The minimum absolute atomic E-state index is 0.00474. The lowest BCUT2D eigenvalue weighted by atomic mass is 9.87. The lowest BCUT2D eigenvalue weighted by Gasteiger charge is -2.44. The first kappa shape index (κ1) is 31.0. The average Bonchev–Trinajstić information content (AvgIpc) is 2.98. The predicted octanol–water partition coefficient (Wildman–Crippen LogP) is -3.33. The van der Waals surface area contributed by atoms with Crippen molar-refractivity contribution in [3.63, 3.8) is 0 Å². The predicted molar refractivity (Wildman–Crippen MR) is 140 cm³/mol. The van der Waals surface area contributed by atoms with Gasteiger partial charge < -0.3 is 74.8 Å². The molecule has 3 aromatic rings. The molecule has 2 aromatic carbocycles. The first-order valence-electron chi connectivity index (χ1n) is 13.0. The van der Waals surface area contributed by atoms with E-state index in [1.807, 2.05) is 0 Å². The second-order valence-electron chi connectivity index (χ2n) is 10.3. The summed E-state index contributed by atoms with van der Waals surface area (Å²) in [6.07, 6.45) is -16.3. The van der Waals surface area contributed by atoms with E-state index in [0.717, 1.165) is 12.1 Å². The highest BCUT2D eigenvalue weighted by Gasteiger charge is 2.56. The molecule has 0 radical (unpaired) electrons. The van der Waals surface area contributed by atoms with Crippen LogP contribution in [0.15, 0.2) is 45.6 Å². The standard InChI is InChI=1S/C27H30O16/c28-7-14-18(32)21(35)23(37)26(42-14)40-11-5-12(31)17-13(6-11)41-25(16(20(17)34)9-1-3-10(30)4-2-9)27(39)24(38)22(36)19(33)15(8-29)43-27/h1-6,14-15,18-19,21-24,26,28-33,35-39H,7-8H2/t14?,15-,18-,19-,21?,22+,23?,24-,26-,27?/m1/s1. The molecule has 2 aliphatic heterocycles. The fourth-order valence-corrected chi connectivity index (χ4v) is 5.12. The van der Waals surface area contributed by atoms with Crippen molar-refractivity contribution in [2.75, 3.05) is 13.2 Å². The van der Waals surface area contributed by atoms with E-state index in [1.54, 1.807) is 0 Å². The van der Waals surface area contributed by atoms with Gasteiger partial charge in [-0.05, 0) is 17.7 Å². The number of aliphatic hydroxyl groups excluding tert-OH is 8. The highest BCUT2D eigenvalue weighted by atomic mass is 16.7. The lowest BCUT2D eigenvalue weighted by molar-refractivity contribution is -0.363. The minimum atomic E-state index is -3.07. The first-order valence-corrected chi connectivity index (χ1v) is 13.0. The van der Waals surface area contributed by atoms with Crippen molar-refractivity contribution in [1.82, 2.24) is 0 Å². The maximum Gasteiger partial charge on any atom is 0.256 e. The fraction of sp³-hybridized carbons (Fsp3) is 0.444. The number of aliphatic hydroxyl groups is 9. The van der Waals surface area contributed by atoms with Crippen molar-refractivity contribution < 1.29 is 74.8 Å². The van der Waals surface area contributed by atoms with Gasteiger partial charge in [0.05, 0.1) is 18.8 Å². The number of rotatable bonds is 6. The van der Waals surface area contributed by atoms with Gasteiger partial charge in [-0.1, -0.05) is 12.1 Å². The van der Waals surface area contributed by atoms with Gasteiger partial charge in [-0.3, -0.25) is 4.79 Å². The Morgan fingerprint density at radius 2 is 1.44 bits per heavy atom. The second kappa shape index (κ2) is 11.6. The van der Waals surface area contributed by atoms with Gasteiger partial charge >= 0.3 is 0 Å². The molecule has 0 saturated carbocycles. The summed E-state index contributed by atoms with van der Waals surface area (Å²) in [6, 6.07) is 6.82. The number of hydrogen-bond donors (Lipinski definition) is 11. The third-order valence-corrected chi connectivity index (χ3v) is 7.50. The highest BCUT2D eigenvalue weighted by Crippen LogP contribution is 2.43. The Morgan fingerprint density at radius 1 is 0.814 bits per heavy atom. The van der Waals surface area contributed by atoms with Crippen molar-refractivity contribution >= 4 is 11.0 Å². The number of hydrogen-bond acceptors (Lipinski definition) is 16. The molecule has 0 amide bonds. The molecule has 10 atom stereocenters. The maximum absolute atomic E-state index is 13.9. The molecular weight excluding hydrogens is 580 g/mol. The summed E-state index contributed by atoms with van der Waals surface area (Å²) >= 11 is 0. The molecule has 0 spiro atoms. The van der Waals surface area contributed by atoms with E-state index in [-0.39, 0.29) is 17.1 Å². The summed E-state index contributed by atoms with van der Waals surface area (Å²) in [6.45, 7) is -1.68. The molecule has 234 valence electrons. The Kier molecular flexibility index (Phi) is 8.38. The van der Waals surface area contributed by atoms with Crippen molar-refractivity contribution in [1.29, 1.82) is 0 Å². The van der Waals surface area contributed by atoms with Crippen LogP contribution in [-0.2, 0) is 15.3 Å². The van der Waals surface area contributed by atoms with E-state index in [1.165, 1.54) is 24.3 Å². The SMILES string of the molecule is O=c1c(-c2ccc(O)cc2)c(C2(O)O[C@H](CO)[C@@H](O)[C@H](O)[C@H]2O)oc2cc(O[C@@H]3OC(CO)[C@@H](O)C(O)C3O)cc(O)c12. The number of ether oxygens (including phenoxy) is 3. The zero-order valence-electron chi connectivity index (χ0n) is 22.0. The Morgan fingerprint density at radius 3 is 2.07 bits per heavy atom. The van der Waals surface area contributed by atoms with Crippen molar-refractivity contribution in [2.24, 2.45) is 0 Å². The largest absolute Gasteiger partial charge is 0.508 e. The summed E-state index contributed by atoms with van der Waals surface area (Å²) in [7, 11) is 0. The summed E-state index contributed by atoms with van der Waals surface area (Å²) < 4.78 is 22.0. The third-order valence-electron chi connectivity index (χ3n) is 7.50. The van der Waals surface area contributed by atoms with Crippen LogP contribution in [0.2, 0.25) is 0 Å². The Hall–Kier alpha value is -3.39. The van der Waals surface area contributed by atoms with E-state index in [9.17, 15) is 61.0 Å². The summed E-state index contributed by atoms with van der Waals surface area (Å²) in [5.41, 5.74) is -1.99. The number of benzene rings is 2. The lowest BCUT2D eigenvalue weighted by Crippen LogP contribution is -2.63. The van der Waals surface area contributed by atoms with Gasteiger partial charge in [0.25, 0.3) is 5.79 Å². The number of fused-ring (bicyclic) bond motifs is 1. The normalized spacial score (nSPS) is 34.8. The second-order valence-corrected chi connectivity index (χ2v) is 10.3. The van der Waals surface area contributed by atoms with Gasteiger partial charge in [0, 0.05) is 12.1 Å². The highest BCUT2D eigenvalue weighted by molar-refractivity contribution is 5.89. The van der Waals surface area contributed by atoms with Gasteiger partial charge in [0.1, 0.15) is 77.0 Å². The molecule has 1 aromatic heterocycles. The van der Waals surface area contributed by atoms with Gasteiger partial charge in [-0.2, -0.15) is 0 Å². The van der Waals surface area contributed by atoms with E-state index >= 15 is 0 Å². The molecule has 3 heterocycles. The Balaban J connectivity index is 1.69. The van der Waals surface area contributed by atoms with E-state index in [0.29, 0.717) is 0 Å². The molecule has 16 heteroatoms. The third kappa shape index (κ3) is 5.22. The van der Waals surface area contributed by atoms with Gasteiger partial charge in [-0.25, -0.2) is 0 Å². The fourth-order valence-electron chi connectivity index (χ4n) is 5.12. The van der Waals surface area contributed by atoms with Crippen LogP contribution in [0.25, 0.3) is 22.1 Å². The summed E-state index contributed by atoms with van der Waals surface area (Å²) in [5, 5.41) is 113. The number of aromatic hydroxyl groups is 2. The summed E-state index contributed by atoms with van der Waals surface area (Å²) in [4.78, 5) is 13.9. The molecule has 11 N–H and O–H groups in total. The van der Waals surface area contributed by atoms with Crippen LogP contribution in [0, 0.1) is 0 Å². The number of phenolic OH excluding ortho intramolecular Hbond substituents is 2. The van der Waals surface area contributed by atoms with Crippen molar-refractivity contribution in [3.8, 4) is 28.4 Å². The minimum Gasteiger partial charge on any atom is -0.508 e. The molecule has 2 fully saturated rings. The molecule has 2 aliphatic rings. The van der Waals surface area contributed by atoms with Crippen molar-refractivity contribution in [3.05, 3.63) is 52.4 Å². The molecule has 0 aliphatic carbocycles. The van der Waals surface area contributed by atoms with Crippen LogP contribution < -0.4 is 10.2 Å². The molecule has 16 nitrogen and oxygen atoms in total. The monoisotopic (exact) mass is 610 g/mol. The van der Waals surface area contributed by atoms with Gasteiger partial charge in [0.15, 0.2) is 5.76 Å². The average molecular weight is 611 g/mol. The van der Waals surface area contributed by atoms with E-state index in [2.05, 4.69) is 0 Å². The van der Waals surface area contributed by atoms with Crippen LogP contribution in [0.4, 0.5) is 0 Å². The Bertz CT molecular complexity index is 1520.